The molecule has 0 aliphatic heterocycles. The molecular formula is C10H15N2. The van der Waals surface area contributed by atoms with Crippen LogP contribution in [0, 0.1) is 6.07 Å². The number of anilines is 2. The summed E-state index contributed by atoms with van der Waals surface area (Å²) in [6, 6.07) is 9.06. The molecule has 1 radical (unpaired) electrons. The summed E-state index contributed by atoms with van der Waals surface area (Å²) in [6.07, 6.45) is 0. The van der Waals surface area contributed by atoms with Gasteiger partial charge in [0, 0.05) is 24.5 Å². The number of rotatable bonds is 4. The van der Waals surface area contributed by atoms with Crippen LogP contribution in [0.15, 0.2) is 18.2 Å². The maximum absolute atomic E-state index is 3.24. The summed E-state index contributed by atoms with van der Waals surface area (Å²) in [5.74, 6) is 0. The molecule has 2 N–H and O–H groups in total. The summed E-state index contributed by atoms with van der Waals surface area (Å²) in [5.41, 5.74) is 2.24. The largest absolute Gasteiger partial charge is 0.385 e. The van der Waals surface area contributed by atoms with Gasteiger partial charge in [0.05, 0.1) is 0 Å². The van der Waals surface area contributed by atoms with Crippen LogP contribution in [0.2, 0.25) is 0 Å². The van der Waals surface area contributed by atoms with E-state index in [9.17, 15) is 0 Å². The van der Waals surface area contributed by atoms with Gasteiger partial charge < -0.3 is 10.6 Å². The van der Waals surface area contributed by atoms with Crippen molar-refractivity contribution in [3.05, 3.63) is 24.3 Å². The SMILES string of the molecule is CCNc1c[c]cc(NCC)c1. The zero-order valence-corrected chi connectivity index (χ0v) is 7.65. The number of benzene rings is 1. The first-order valence-electron chi connectivity index (χ1n) is 4.35. The van der Waals surface area contributed by atoms with Gasteiger partial charge in [-0.3, -0.25) is 0 Å². The molecule has 0 aromatic heterocycles. The van der Waals surface area contributed by atoms with E-state index < -0.39 is 0 Å². The Balaban J connectivity index is 2.67. The first-order chi connectivity index (χ1) is 5.86. The van der Waals surface area contributed by atoms with Crippen molar-refractivity contribution in [2.75, 3.05) is 23.7 Å². The molecule has 0 saturated heterocycles. The maximum Gasteiger partial charge on any atom is 0.0367 e. The molecule has 0 aliphatic rings. The molecular weight excluding hydrogens is 148 g/mol. The zero-order valence-electron chi connectivity index (χ0n) is 7.65. The highest BCUT2D eigenvalue weighted by Crippen LogP contribution is 2.13. The normalized spacial score (nSPS) is 9.50. The number of hydrogen-bond donors (Lipinski definition) is 2. The van der Waals surface area contributed by atoms with Crippen molar-refractivity contribution in [3.8, 4) is 0 Å². The third kappa shape index (κ3) is 2.46. The molecule has 0 bridgehead atoms. The van der Waals surface area contributed by atoms with Gasteiger partial charge in [-0.25, -0.2) is 0 Å². The minimum atomic E-state index is 0.948. The summed E-state index contributed by atoms with van der Waals surface area (Å²) in [4.78, 5) is 0. The fraction of sp³-hybridized carbons (Fsp3) is 0.400. The first kappa shape index (κ1) is 8.91. The maximum atomic E-state index is 3.24. The topological polar surface area (TPSA) is 24.1 Å². The monoisotopic (exact) mass is 163 g/mol. The van der Waals surface area contributed by atoms with Gasteiger partial charge in [-0.15, -0.1) is 0 Å². The van der Waals surface area contributed by atoms with E-state index >= 15 is 0 Å². The van der Waals surface area contributed by atoms with E-state index in [1.807, 2.05) is 12.1 Å². The molecule has 0 saturated carbocycles. The summed E-state index contributed by atoms with van der Waals surface area (Å²) in [6.45, 7) is 6.06. The Bertz CT molecular complexity index is 212. The van der Waals surface area contributed by atoms with E-state index in [2.05, 4.69) is 36.6 Å². The summed E-state index contributed by atoms with van der Waals surface area (Å²) in [7, 11) is 0. The molecule has 0 unspecified atom stereocenters. The van der Waals surface area contributed by atoms with Crippen LogP contribution in [0.1, 0.15) is 13.8 Å². The predicted molar refractivity (Wildman–Crippen MR) is 53.6 cm³/mol. The van der Waals surface area contributed by atoms with Crippen LogP contribution in [-0.4, -0.2) is 13.1 Å². The van der Waals surface area contributed by atoms with Crippen LogP contribution in [-0.2, 0) is 0 Å². The number of hydrogen-bond acceptors (Lipinski definition) is 2. The van der Waals surface area contributed by atoms with Crippen molar-refractivity contribution in [1.29, 1.82) is 0 Å². The van der Waals surface area contributed by atoms with Gasteiger partial charge in [0.15, 0.2) is 0 Å². The molecule has 1 rings (SSSR count). The Kier molecular flexibility index (Phi) is 3.45. The minimum absolute atomic E-state index is 0.948. The Hall–Kier alpha value is -1.18. The van der Waals surface area contributed by atoms with Crippen molar-refractivity contribution >= 4 is 11.4 Å². The molecule has 0 heterocycles. The molecule has 0 spiro atoms. The van der Waals surface area contributed by atoms with Gasteiger partial charge in [-0.05, 0) is 38.1 Å². The van der Waals surface area contributed by atoms with Crippen LogP contribution in [0.3, 0.4) is 0 Å². The van der Waals surface area contributed by atoms with Crippen LogP contribution in [0.5, 0.6) is 0 Å². The van der Waals surface area contributed by atoms with Crippen LogP contribution in [0.4, 0.5) is 11.4 Å². The molecule has 1 aromatic carbocycles. The lowest BCUT2D eigenvalue weighted by Gasteiger charge is -2.06. The summed E-state index contributed by atoms with van der Waals surface area (Å²) in [5, 5.41) is 6.47. The van der Waals surface area contributed by atoms with Crippen molar-refractivity contribution in [1.82, 2.24) is 0 Å². The molecule has 1 aromatic rings. The Morgan fingerprint density at radius 1 is 1.08 bits per heavy atom. The lowest BCUT2D eigenvalue weighted by atomic mass is 10.3. The highest BCUT2D eigenvalue weighted by atomic mass is 14.9. The predicted octanol–water partition coefficient (Wildman–Crippen LogP) is 2.35. The highest BCUT2D eigenvalue weighted by Gasteiger charge is 1.91. The number of nitrogens with one attached hydrogen (secondary N) is 2. The van der Waals surface area contributed by atoms with Crippen LogP contribution < -0.4 is 10.6 Å². The van der Waals surface area contributed by atoms with Gasteiger partial charge in [0.1, 0.15) is 0 Å². The Morgan fingerprint density at radius 3 is 2.00 bits per heavy atom. The van der Waals surface area contributed by atoms with E-state index in [1.165, 1.54) is 0 Å². The third-order valence-corrected chi connectivity index (χ3v) is 1.55. The Labute approximate surface area is 74.0 Å². The summed E-state index contributed by atoms with van der Waals surface area (Å²) < 4.78 is 0. The second-order valence-corrected chi connectivity index (χ2v) is 2.57. The fourth-order valence-corrected chi connectivity index (χ4v) is 1.08. The van der Waals surface area contributed by atoms with Gasteiger partial charge in [-0.2, -0.15) is 0 Å². The van der Waals surface area contributed by atoms with Crippen molar-refractivity contribution in [2.45, 2.75) is 13.8 Å². The quantitative estimate of drug-likeness (QED) is 0.712. The minimum Gasteiger partial charge on any atom is -0.385 e. The first-order valence-corrected chi connectivity index (χ1v) is 4.35. The summed E-state index contributed by atoms with van der Waals surface area (Å²) >= 11 is 0. The van der Waals surface area contributed by atoms with Crippen molar-refractivity contribution in [2.24, 2.45) is 0 Å². The molecule has 0 atom stereocenters. The van der Waals surface area contributed by atoms with Crippen LogP contribution >= 0.6 is 0 Å². The smallest absolute Gasteiger partial charge is 0.0367 e. The lowest BCUT2D eigenvalue weighted by molar-refractivity contribution is 1.19. The molecule has 0 fully saturated rings. The van der Waals surface area contributed by atoms with E-state index in [0.29, 0.717) is 0 Å². The van der Waals surface area contributed by atoms with E-state index in [0.717, 1.165) is 24.5 Å². The molecule has 0 aliphatic carbocycles. The second-order valence-electron chi connectivity index (χ2n) is 2.57. The van der Waals surface area contributed by atoms with Crippen molar-refractivity contribution in [3.63, 3.8) is 0 Å². The molecule has 65 valence electrons. The van der Waals surface area contributed by atoms with Crippen LogP contribution in [0.25, 0.3) is 0 Å². The second kappa shape index (κ2) is 4.65. The zero-order chi connectivity index (χ0) is 8.81. The third-order valence-electron chi connectivity index (χ3n) is 1.55. The van der Waals surface area contributed by atoms with Crippen molar-refractivity contribution < 1.29 is 0 Å². The standard InChI is InChI=1S/C10H15N2/c1-3-11-9-6-5-7-10(8-9)12-4-2/h6-8,11-12H,3-4H2,1-2H3. The van der Waals surface area contributed by atoms with Gasteiger partial charge in [0.2, 0.25) is 0 Å². The Morgan fingerprint density at radius 2 is 1.58 bits per heavy atom. The van der Waals surface area contributed by atoms with E-state index in [-0.39, 0.29) is 0 Å². The van der Waals surface area contributed by atoms with Gasteiger partial charge in [0.25, 0.3) is 0 Å². The molecule has 0 amide bonds. The fourth-order valence-electron chi connectivity index (χ4n) is 1.08. The average molecular weight is 163 g/mol. The van der Waals surface area contributed by atoms with E-state index in [1.54, 1.807) is 0 Å². The average Bonchev–Trinajstić information content (AvgIpc) is 2.06. The lowest BCUT2D eigenvalue weighted by Crippen LogP contribution is -1.99. The van der Waals surface area contributed by atoms with E-state index in [4.69, 9.17) is 0 Å². The highest BCUT2D eigenvalue weighted by molar-refractivity contribution is 5.56. The molecule has 2 nitrogen and oxygen atoms in total. The molecule has 2 heteroatoms. The van der Waals surface area contributed by atoms with Gasteiger partial charge in [-0.1, -0.05) is 0 Å². The van der Waals surface area contributed by atoms with Gasteiger partial charge >= 0.3 is 0 Å². The molecule has 12 heavy (non-hydrogen) atoms.